The molecule has 0 bridgehead atoms. The lowest BCUT2D eigenvalue weighted by molar-refractivity contribution is 0.248. The first-order chi connectivity index (χ1) is 9.72. The van der Waals surface area contributed by atoms with E-state index in [0.717, 1.165) is 11.6 Å². The van der Waals surface area contributed by atoms with Crippen LogP contribution >= 0.6 is 11.6 Å². The Hall–Kier alpha value is -1.31. The molecule has 1 aliphatic heterocycles. The molecule has 0 aromatic heterocycles. The van der Waals surface area contributed by atoms with Crippen LogP contribution in [-0.4, -0.2) is 11.4 Å². The zero-order valence-electron chi connectivity index (χ0n) is 11.8. The zero-order valence-corrected chi connectivity index (χ0v) is 12.6. The van der Waals surface area contributed by atoms with Gasteiger partial charge in [0.2, 0.25) is 0 Å². The van der Waals surface area contributed by atoms with E-state index in [1.165, 1.54) is 36.1 Å². The Labute approximate surface area is 126 Å². The summed E-state index contributed by atoms with van der Waals surface area (Å²) in [5.74, 6) is 0. The Balaban J connectivity index is 1.77. The molecule has 1 saturated heterocycles. The molecule has 0 aliphatic carbocycles. The summed E-state index contributed by atoms with van der Waals surface area (Å²) in [7, 11) is 0. The van der Waals surface area contributed by atoms with E-state index < -0.39 is 0 Å². The number of likely N-dealkylation sites (tertiary alicyclic amines) is 1. The van der Waals surface area contributed by atoms with E-state index in [9.17, 15) is 0 Å². The number of nitrogens with zero attached hydrogens (tertiary/aromatic N) is 1. The molecule has 20 heavy (non-hydrogen) atoms. The maximum absolute atomic E-state index is 5.96. The van der Waals surface area contributed by atoms with E-state index >= 15 is 0 Å². The molecule has 1 fully saturated rings. The predicted molar refractivity (Wildman–Crippen MR) is 85.0 cm³/mol. The first kappa shape index (κ1) is 13.7. The molecule has 0 amide bonds. The molecule has 0 spiro atoms. The van der Waals surface area contributed by atoms with Crippen molar-refractivity contribution < 1.29 is 0 Å². The fourth-order valence-corrected chi connectivity index (χ4v) is 3.22. The first-order valence-electron chi connectivity index (χ1n) is 7.27. The van der Waals surface area contributed by atoms with Crippen LogP contribution in [0.1, 0.15) is 35.6 Å². The number of benzene rings is 2. The maximum atomic E-state index is 5.96. The van der Waals surface area contributed by atoms with Crippen LogP contribution < -0.4 is 0 Å². The summed E-state index contributed by atoms with van der Waals surface area (Å²) >= 11 is 5.96. The first-order valence-corrected chi connectivity index (χ1v) is 7.65. The van der Waals surface area contributed by atoms with Gasteiger partial charge in [0.1, 0.15) is 0 Å². The molecule has 1 aliphatic rings. The predicted octanol–water partition coefficient (Wildman–Crippen LogP) is 4.99. The molecule has 2 aromatic rings. The van der Waals surface area contributed by atoms with Crippen LogP contribution in [0.2, 0.25) is 5.02 Å². The summed E-state index contributed by atoms with van der Waals surface area (Å²) in [5.41, 5.74) is 4.14. The minimum atomic E-state index is 0.561. The second-order valence-electron chi connectivity index (χ2n) is 5.67. The van der Waals surface area contributed by atoms with Crippen molar-refractivity contribution in [3.8, 4) is 0 Å². The largest absolute Gasteiger partial charge is 0.292 e. The summed E-state index contributed by atoms with van der Waals surface area (Å²) < 4.78 is 0. The second kappa shape index (κ2) is 5.99. The van der Waals surface area contributed by atoms with Crippen LogP contribution in [0.3, 0.4) is 0 Å². The molecular weight excluding hydrogens is 266 g/mol. The average molecular weight is 286 g/mol. The van der Waals surface area contributed by atoms with Gasteiger partial charge in [0, 0.05) is 17.6 Å². The van der Waals surface area contributed by atoms with Gasteiger partial charge >= 0.3 is 0 Å². The Kier molecular flexibility index (Phi) is 4.09. The van der Waals surface area contributed by atoms with Gasteiger partial charge in [0.05, 0.1) is 0 Å². The smallest absolute Gasteiger partial charge is 0.0406 e. The normalized spacial score (nSPS) is 19.4. The van der Waals surface area contributed by atoms with Gasteiger partial charge in [-0.05, 0) is 49.6 Å². The van der Waals surface area contributed by atoms with Gasteiger partial charge in [-0.3, -0.25) is 4.90 Å². The van der Waals surface area contributed by atoms with Crippen molar-refractivity contribution in [1.29, 1.82) is 0 Å². The monoisotopic (exact) mass is 285 g/mol. The summed E-state index contributed by atoms with van der Waals surface area (Å²) in [6.07, 6.45) is 2.54. The highest BCUT2D eigenvalue weighted by Gasteiger charge is 2.25. The summed E-state index contributed by atoms with van der Waals surface area (Å²) in [4.78, 5) is 2.58. The van der Waals surface area contributed by atoms with E-state index in [0.29, 0.717) is 6.04 Å². The highest BCUT2D eigenvalue weighted by Crippen LogP contribution is 2.33. The Morgan fingerprint density at radius 2 is 1.95 bits per heavy atom. The minimum absolute atomic E-state index is 0.561. The van der Waals surface area contributed by atoms with Crippen LogP contribution in [-0.2, 0) is 6.54 Å². The van der Waals surface area contributed by atoms with Crippen LogP contribution in [0.5, 0.6) is 0 Å². The van der Waals surface area contributed by atoms with Gasteiger partial charge in [-0.15, -0.1) is 0 Å². The zero-order chi connectivity index (χ0) is 13.9. The van der Waals surface area contributed by atoms with Gasteiger partial charge in [-0.1, -0.05) is 53.6 Å². The van der Waals surface area contributed by atoms with Gasteiger partial charge < -0.3 is 0 Å². The summed E-state index contributed by atoms with van der Waals surface area (Å²) in [5, 5.41) is 0.811. The van der Waals surface area contributed by atoms with Crippen LogP contribution in [0.25, 0.3) is 0 Å². The van der Waals surface area contributed by atoms with E-state index in [1.54, 1.807) is 0 Å². The summed E-state index contributed by atoms with van der Waals surface area (Å²) in [6, 6.07) is 17.7. The molecule has 0 saturated carbocycles. The van der Waals surface area contributed by atoms with Gasteiger partial charge in [-0.2, -0.15) is 0 Å². The van der Waals surface area contributed by atoms with Crippen molar-refractivity contribution >= 4 is 11.6 Å². The van der Waals surface area contributed by atoms with E-state index in [4.69, 9.17) is 11.6 Å². The lowest BCUT2D eigenvalue weighted by Gasteiger charge is -2.25. The lowest BCUT2D eigenvalue weighted by Crippen LogP contribution is -2.22. The second-order valence-corrected chi connectivity index (χ2v) is 6.11. The van der Waals surface area contributed by atoms with Gasteiger partial charge in [0.15, 0.2) is 0 Å². The number of aryl methyl sites for hydroxylation is 1. The van der Waals surface area contributed by atoms with Crippen LogP contribution in [0.15, 0.2) is 48.5 Å². The number of hydrogen-bond donors (Lipinski definition) is 0. The summed E-state index contributed by atoms with van der Waals surface area (Å²) in [6.45, 7) is 4.36. The molecule has 104 valence electrons. The van der Waals surface area contributed by atoms with E-state index in [1.807, 2.05) is 12.1 Å². The Morgan fingerprint density at radius 3 is 2.70 bits per heavy atom. The molecule has 0 radical (unpaired) electrons. The maximum Gasteiger partial charge on any atom is 0.0406 e. The third-order valence-electron chi connectivity index (χ3n) is 4.09. The SMILES string of the molecule is Cc1cccc([C@H]2CCCN2Cc2ccc(Cl)cc2)c1. The number of rotatable bonds is 3. The topological polar surface area (TPSA) is 3.24 Å². The molecule has 1 nitrogen and oxygen atoms in total. The Morgan fingerprint density at radius 1 is 1.15 bits per heavy atom. The average Bonchev–Trinajstić information content (AvgIpc) is 2.89. The van der Waals surface area contributed by atoms with Crippen LogP contribution in [0, 0.1) is 6.92 Å². The fourth-order valence-electron chi connectivity index (χ4n) is 3.09. The van der Waals surface area contributed by atoms with Gasteiger partial charge in [0.25, 0.3) is 0 Å². The molecule has 2 aromatic carbocycles. The van der Waals surface area contributed by atoms with Crippen molar-refractivity contribution in [3.63, 3.8) is 0 Å². The molecule has 2 heteroatoms. The van der Waals surface area contributed by atoms with Crippen molar-refractivity contribution in [3.05, 3.63) is 70.2 Å². The van der Waals surface area contributed by atoms with Gasteiger partial charge in [-0.25, -0.2) is 0 Å². The van der Waals surface area contributed by atoms with Crippen molar-refractivity contribution in [1.82, 2.24) is 4.90 Å². The van der Waals surface area contributed by atoms with Crippen LogP contribution in [0.4, 0.5) is 0 Å². The van der Waals surface area contributed by atoms with Crippen molar-refractivity contribution in [2.45, 2.75) is 32.4 Å². The molecule has 1 atom stereocenters. The molecular formula is C18H20ClN. The van der Waals surface area contributed by atoms with E-state index in [-0.39, 0.29) is 0 Å². The quantitative estimate of drug-likeness (QED) is 0.768. The van der Waals surface area contributed by atoms with E-state index in [2.05, 4.69) is 48.2 Å². The van der Waals surface area contributed by atoms with Crippen molar-refractivity contribution in [2.75, 3.05) is 6.54 Å². The third-order valence-corrected chi connectivity index (χ3v) is 4.34. The molecule has 3 rings (SSSR count). The minimum Gasteiger partial charge on any atom is -0.292 e. The molecule has 0 N–H and O–H groups in total. The lowest BCUT2D eigenvalue weighted by atomic mass is 10.0. The third kappa shape index (κ3) is 3.05. The number of halogens is 1. The van der Waals surface area contributed by atoms with Crippen molar-refractivity contribution in [2.24, 2.45) is 0 Å². The molecule has 0 unspecified atom stereocenters. The standard InChI is InChI=1S/C18H20ClN/c1-14-4-2-5-16(12-14)18-6-3-11-20(18)13-15-7-9-17(19)10-8-15/h2,4-5,7-10,12,18H,3,6,11,13H2,1H3/t18-/m1/s1. The highest BCUT2D eigenvalue weighted by molar-refractivity contribution is 6.30. The highest BCUT2D eigenvalue weighted by atomic mass is 35.5. The number of hydrogen-bond acceptors (Lipinski definition) is 1. The fraction of sp³-hybridized carbons (Fsp3) is 0.333. The Bertz CT molecular complexity index is 576. The molecule has 1 heterocycles.